The zero-order valence-corrected chi connectivity index (χ0v) is 11.8. The molecule has 1 aliphatic carbocycles. The second kappa shape index (κ2) is 6.17. The van der Waals surface area contributed by atoms with Gasteiger partial charge in [0.1, 0.15) is 6.04 Å². The average Bonchev–Trinajstić information content (AvgIpc) is 2.74. The van der Waals surface area contributed by atoms with Crippen LogP contribution < -0.4 is 11.1 Å². The van der Waals surface area contributed by atoms with Crippen LogP contribution in [-0.2, 0) is 19.0 Å². The van der Waals surface area contributed by atoms with Crippen molar-refractivity contribution in [1.82, 2.24) is 5.32 Å². The zero-order chi connectivity index (χ0) is 14.0. The Morgan fingerprint density at radius 3 is 2.47 bits per heavy atom. The number of ether oxygens (including phenoxy) is 3. The molecule has 0 aromatic carbocycles. The van der Waals surface area contributed by atoms with Gasteiger partial charge in [-0.25, -0.2) is 0 Å². The van der Waals surface area contributed by atoms with Crippen LogP contribution in [0, 0.1) is 5.92 Å². The molecular weight excluding hydrogens is 248 g/mol. The average molecular weight is 272 g/mol. The third kappa shape index (κ3) is 2.76. The van der Waals surface area contributed by atoms with Crippen molar-refractivity contribution in [1.29, 1.82) is 0 Å². The normalized spacial score (nSPS) is 41.9. The molecule has 0 amide bonds. The summed E-state index contributed by atoms with van der Waals surface area (Å²) < 4.78 is 16.0. The summed E-state index contributed by atoms with van der Waals surface area (Å²) >= 11 is 0. The molecule has 0 radical (unpaired) electrons. The smallest absolute Gasteiger partial charge is 0.324 e. The van der Waals surface area contributed by atoms with E-state index in [2.05, 4.69) is 5.32 Å². The molecule has 2 rings (SSSR count). The number of hydrogen-bond acceptors (Lipinski definition) is 6. The van der Waals surface area contributed by atoms with Crippen molar-refractivity contribution >= 4 is 5.97 Å². The van der Waals surface area contributed by atoms with Crippen molar-refractivity contribution in [3.8, 4) is 0 Å². The van der Waals surface area contributed by atoms with Gasteiger partial charge in [0.25, 0.3) is 0 Å². The van der Waals surface area contributed by atoms with Gasteiger partial charge >= 0.3 is 5.97 Å². The molecule has 6 atom stereocenters. The number of nitrogens with one attached hydrogen (secondary N) is 1. The van der Waals surface area contributed by atoms with Crippen LogP contribution in [0.5, 0.6) is 0 Å². The van der Waals surface area contributed by atoms with Crippen molar-refractivity contribution < 1.29 is 19.0 Å². The van der Waals surface area contributed by atoms with Crippen LogP contribution in [-0.4, -0.2) is 57.1 Å². The molecule has 110 valence electrons. The first-order valence-corrected chi connectivity index (χ1v) is 6.86. The summed E-state index contributed by atoms with van der Waals surface area (Å²) in [4.78, 5) is 11.9. The molecule has 1 heterocycles. The van der Waals surface area contributed by atoms with Crippen molar-refractivity contribution in [3.05, 3.63) is 0 Å². The van der Waals surface area contributed by atoms with Gasteiger partial charge in [-0.05, 0) is 25.7 Å². The lowest BCUT2D eigenvalue weighted by Gasteiger charge is -2.37. The lowest BCUT2D eigenvalue weighted by molar-refractivity contribution is -0.145. The van der Waals surface area contributed by atoms with Crippen LogP contribution in [0.25, 0.3) is 0 Å². The number of carbonyl (C=O) groups is 1. The van der Waals surface area contributed by atoms with Gasteiger partial charge in [-0.3, -0.25) is 10.1 Å². The molecule has 1 saturated carbocycles. The number of hydrogen-bond donors (Lipinski definition) is 2. The molecule has 19 heavy (non-hydrogen) atoms. The van der Waals surface area contributed by atoms with E-state index >= 15 is 0 Å². The summed E-state index contributed by atoms with van der Waals surface area (Å²) in [6.07, 6.45) is 1.71. The van der Waals surface area contributed by atoms with E-state index in [4.69, 9.17) is 19.9 Å². The highest BCUT2D eigenvalue weighted by Gasteiger charge is 2.50. The van der Waals surface area contributed by atoms with E-state index in [9.17, 15) is 4.79 Å². The van der Waals surface area contributed by atoms with Gasteiger partial charge in [0.2, 0.25) is 0 Å². The summed E-state index contributed by atoms with van der Waals surface area (Å²) in [6.45, 7) is 2.17. The first-order valence-electron chi connectivity index (χ1n) is 6.86. The summed E-state index contributed by atoms with van der Waals surface area (Å²) in [5.41, 5.74) is 6.21. The van der Waals surface area contributed by atoms with E-state index in [-0.39, 0.29) is 36.2 Å². The Morgan fingerprint density at radius 1 is 1.26 bits per heavy atom. The maximum atomic E-state index is 11.9. The van der Waals surface area contributed by atoms with Crippen molar-refractivity contribution in [2.24, 2.45) is 11.7 Å². The standard InChI is InChI=1S/C13H24N2O4/c1-4-19-13(16)12-11(14)7-5-9(17-2)10(18-3)6-8(7)15-12/h7-12,15H,4-6,14H2,1-3H3. The highest BCUT2D eigenvalue weighted by atomic mass is 16.5. The van der Waals surface area contributed by atoms with E-state index in [1.807, 2.05) is 0 Å². The third-order valence-electron chi connectivity index (χ3n) is 4.34. The Morgan fingerprint density at radius 2 is 1.89 bits per heavy atom. The minimum absolute atomic E-state index is 0.0417. The molecule has 2 aliphatic rings. The fourth-order valence-corrected chi connectivity index (χ4v) is 3.32. The monoisotopic (exact) mass is 272 g/mol. The minimum Gasteiger partial charge on any atom is -0.465 e. The molecule has 2 fully saturated rings. The number of rotatable bonds is 4. The van der Waals surface area contributed by atoms with Crippen LogP contribution in [0.1, 0.15) is 19.8 Å². The van der Waals surface area contributed by atoms with Gasteiger partial charge in [-0.15, -0.1) is 0 Å². The molecule has 6 nitrogen and oxygen atoms in total. The molecule has 0 aromatic heterocycles. The second-order valence-electron chi connectivity index (χ2n) is 5.26. The van der Waals surface area contributed by atoms with Crippen LogP contribution in [0.15, 0.2) is 0 Å². The molecule has 1 aliphatic heterocycles. The lowest BCUT2D eigenvalue weighted by Crippen LogP contribution is -2.47. The summed E-state index contributed by atoms with van der Waals surface area (Å²) in [5, 5.41) is 3.30. The molecule has 6 unspecified atom stereocenters. The number of carbonyl (C=O) groups excluding carboxylic acids is 1. The molecule has 0 bridgehead atoms. The quantitative estimate of drug-likeness (QED) is 0.681. The lowest BCUT2D eigenvalue weighted by atomic mass is 9.79. The van der Waals surface area contributed by atoms with Gasteiger partial charge in [-0.2, -0.15) is 0 Å². The van der Waals surface area contributed by atoms with E-state index in [1.54, 1.807) is 21.1 Å². The molecule has 0 aromatic rings. The van der Waals surface area contributed by atoms with E-state index in [0.717, 1.165) is 12.8 Å². The summed E-state index contributed by atoms with van der Waals surface area (Å²) in [7, 11) is 3.38. The Bertz CT molecular complexity index is 326. The molecule has 1 saturated heterocycles. The van der Waals surface area contributed by atoms with E-state index in [1.165, 1.54) is 0 Å². The highest BCUT2D eigenvalue weighted by Crippen LogP contribution is 2.35. The maximum absolute atomic E-state index is 11.9. The van der Waals surface area contributed by atoms with Crippen LogP contribution in [0.3, 0.4) is 0 Å². The minimum atomic E-state index is -0.414. The second-order valence-corrected chi connectivity index (χ2v) is 5.26. The molecular formula is C13H24N2O4. The Labute approximate surface area is 113 Å². The SMILES string of the molecule is CCOC(=O)C1NC2CC(OC)C(OC)CC2C1N. The first kappa shape index (κ1) is 14.7. The van der Waals surface area contributed by atoms with Crippen molar-refractivity contribution in [2.75, 3.05) is 20.8 Å². The predicted molar refractivity (Wildman–Crippen MR) is 69.6 cm³/mol. The topological polar surface area (TPSA) is 82.8 Å². The number of nitrogens with two attached hydrogens (primary N) is 1. The van der Waals surface area contributed by atoms with Gasteiger partial charge in [0.05, 0.1) is 18.8 Å². The summed E-state index contributed by atoms with van der Waals surface area (Å²) in [6, 6.07) is -0.441. The van der Waals surface area contributed by atoms with Gasteiger partial charge < -0.3 is 19.9 Å². The fourth-order valence-electron chi connectivity index (χ4n) is 3.32. The highest BCUT2D eigenvalue weighted by molar-refractivity contribution is 5.77. The largest absolute Gasteiger partial charge is 0.465 e. The van der Waals surface area contributed by atoms with E-state index in [0.29, 0.717) is 6.61 Å². The van der Waals surface area contributed by atoms with Gasteiger partial charge in [0.15, 0.2) is 0 Å². The molecule has 0 spiro atoms. The molecule has 6 heteroatoms. The Kier molecular flexibility index (Phi) is 4.78. The number of esters is 1. The third-order valence-corrected chi connectivity index (χ3v) is 4.34. The van der Waals surface area contributed by atoms with Crippen molar-refractivity contribution in [3.63, 3.8) is 0 Å². The zero-order valence-electron chi connectivity index (χ0n) is 11.8. The van der Waals surface area contributed by atoms with Gasteiger partial charge in [-0.1, -0.05) is 0 Å². The Hall–Kier alpha value is -0.690. The Balaban J connectivity index is 2.05. The van der Waals surface area contributed by atoms with Crippen molar-refractivity contribution in [2.45, 2.75) is 50.1 Å². The van der Waals surface area contributed by atoms with Crippen LogP contribution >= 0.6 is 0 Å². The van der Waals surface area contributed by atoms with Crippen LogP contribution in [0.2, 0.25) is 0 Å². The molecule has 3 N–H and O–H groups in total. The number of fused-ring (bicyclic) bond motifs is 1. The van der Waals surface area contributed by atoms with Crippen LogP contribution in [0.4, 0.5) is 0 Å². The predicted octanol–water partition coefficient (Wildman–Crippen LogP) is -0.343. The first-order chi connectivity index (χ1) is 9.12. The maximum Gasteiger partial charge on any atom is 0.324 e. The fraction of sp³-hybridized carbons (Fsp3) is 0.923. The van der Waals surface area contributed by atoms with E-state index < -0.39 is 6.04 Å². The number of methoxy groups -OCH3 is 2. The summed E-state index contributed by atoms with van der Waals surface area (Å²) in [5.74, 6) is -0.0295. The van der Waals surface area contributed by atoms with Gasteiger partial charge in [0, 0.05) is 26.3 Å².